The maximum absolute atomic E-state index is 14.7. The highest BCUT2D eigenvalue weighted by molar-refractivity contribution is 5.99. The van der Waals surface area contributed by atoms with Gasteiger partial charge >= 0.3 is 0 Å². The summed E-state index contributed by atoms with van der Waals surface area (Å²) in [6.45, 7) is 6.58. The molecule has 4 rings (SSSR count). The van der Waals surface area contributed by atoms with E-state index in [0.717, 1.165) is 35.9 Å². The van der Waals surface area contributed by atoms with E-state index in [1.54, 1.807) is 0 Å². The molecule has 10 nitrogen and oxygen atoms in total. The van der Waals surface area contributed by atoms with E-state index in [4.69, 9.17) is 16.2 Å². The predicted molar refractivity (Wildman–Crippen MR) is 131 cm³/mol. The van der Waals surface area contributed by atoms with E-state index in [-0.39, 0.29) is 29.3 Å². The largest absolute Gasteiger partial charge is 0.378 e. The summed E-state index contributed by atoms with van der Waals surface area (Å²) in [5.74, 6) is -0.427. The number of hydrogen-bond acceptors (Lipinski definition) is 8. The zero-order valence-corrected chi connectivity index (χ0v) is 19.6. The third-order valence-corrected chi connectivity index (χ3v) is 6.04. The molecule has 182 valence electrons. The number of benzene rings is 1. The average Bonchev–Trinajstić information content (AvgIpc) is 3.15. The second-order valence-corrected chi connectivity index (χ2v) is 8.50. The van der Waals surface area contributed by atoms with Crippen molar-refractivity contribution in [2.24, 2.45) is 18.5 Å². The Balaban J connectivity index is 1.71. The minimum absolute atomic E-state index is 0.00751. The van der Waals surface area contributed by atoms with E-state index in [2.05, 4.69) is 25.6 Å². The molecule has 0 saturated carbocycles. The number of rotatable bonds is 8. The Bertz CT molecular complexity index is 1190. The summed E-state index contributed by atoms with van der Waals surface area (Å²) in [4.78, 5) is 18.6. The number of aromatic nitrogens is 3. The molecule has 1 aromatic carbocycles. The Hall–Kier alpha value is -3.44. The normalized spacial score (nSPS) is 15.9. The van der Waals surface area contributed by atoms with E-state index < -0.39 is 11.7 Å². The van der Waals surface area contributed by atoms with E-state index in [1.807, 2.05) is 43.8 Å². The fraction of sp³-hybridized carbons (Fsp3) is 0.435. The van der Waals surface area contributed by atoms with Crippen LogP contribution in [0.2, 0.25) is 0 Å². The minimum atomic E-state index is -0.781. The second-order valence-electron chi connectivity index (χ2n) is 8.50. The van der Waals surface area contributed by atoms with Crippen LogP contribution in [0, 0.1) is 5.82 Å². The lowest BCUT2D eigenvalue weighted by Crippen LogP contribution is -2.38. The molecular weight excluding hydrogens is 439 g/mol. The Kier molecular flexibility index (Phi) is 6.85. The highest BCUT2D eigenvalue weighted by atomic mass is 19.1. The number of morpholine rings is 1. The maximum atomic E-state index is 14.7. The lowest BCUT2D eigenvalue weighted by atomic mass is 10.1. The number of aryl methyl sites for hydroxylation is 1. The van der Waals surface area contributed by atoms with Crippen molar-refractivity contribution >= 4 is 40.0 Å². The number of pyridine rings is 1. The molecule has 3 heterocycles. The molecule has 0 radical (unpaired) electrons. The first kappa shape index (κ1) is 23.7. The molecule has 11 heteroatoms. The van der Waals surface area contributed by atoms with Crippen molar-refractivity contribution in [1.82, 2.24) is 14.8 Å². The lowest BCUT2D eigenvalue weighted by molar-refractivity contribution is 0.100. The van der Waals surface area contributed by atoms with Crippen molar-refractivity contribution in [2.75, 3.05) is 41.8 Å². The van der Waals surface area contributed by atoms with Crippen LogP contribution in [0.3, 0.4) is 0 Å². The molecule has 1 aliphatic rings. The van der Waals surface area contributed by atoms with E-state index in [9.17, 15) is 9.18 Å². The van der Waals surface area contributed by atoms with Crippen LogP contribution < -0.4 is 27.0 Å². The molecule has 0 spiro atoms. The first-order valence-electron chi connectivity index (χ1n) is 11.4. The number of hydrogen-bond donors (Lipinski definition) is 4. The van der Waals surface area contributed by atoms with Crippen molar-refractivity contribution in [3.63, 3.8) is 0 Å². The summed E-state index contributed by atoms with van der Waals surface area (Å²) in [6.07, 6.45) is 0.682. The molecule has 0 aliphatic carbocycles. The van der Waals surface area contributed by atoms with Gasteiger partial charge in [0.1, 0.15) is 5.82 Å². The van der Waals surface area contributed by atoms with Crippen LogP contribution in [0.1, 0.15) is 30.6 Å². The van der Waals surface area contributed by atoms with Gasteiger partial charge in [-0.2, -0.15) is 5.10 Å². The summed E-state index contributed by atoms with van der Waals surface area (Å²) >= 11 is 0. The van der Waals surface area contributed by atoms with Crippen LogP contribution in [0.5, 0.6) is 0 Å². The number of nitrogens with one attached hydrogen (secondary N) is 2. The third kappa shape index (κ3) is 4.75. The number of halogens is 1. The summed E-state index contributed by atoms with van der Waals surface area (Å²) in [6, 6.07) is 6.42. The van der Waals surface area contributed by atoms with Gasteiger partial charge in [0.15, 0.2) is 17.5 Å². The average molecular weight is 471 g/mol. The smallest absolute Gasteiger partial charge is 0.252 e. The number of fused-ring (bicyclic) bond motifs is 1. The standard InChI is InChI=1S/C23H31FN8O2/c1-4-18(13(2)25)28-22-17(24)12-16(20(26)33)21(29-22)27-14-5-6-19-15(11-14)23(30-31(19)3)32-7-9-34-10-8-32/h5-6,11-13,18H,4,7-10,25H2,1-3H3,(H2,26,33)(H2,27,28,29)/t13-,18+/m0/s1. The van der Waals surface area contributed by atoms with Gasteiger partial charge in [0.25, 0.3) is 5.91 Å². The quantitative estimate of drug-likeness (QED) is 0.394. The van der Waals surface area contributed by atoms with Crippen LogP contribution in [-0.2, 0) is 11.8 Å². The predicted octanol–water partition coefficient (Wildman–Crippen LogP) is 2.32. The van der Waals surface area contributed by atoms with Gasteiger partial charge in [0.05, 0.1) is 24.3 Å². The molecule has 0 bridgehead atoms. The van der Waals surface area contributed by atoms with Gasteiger partial charge < -0.3 is 31.7 Å². The van der Waals surface area contributed by atoms with Gasteiger partial charge in [-0.15, -0.1) is 0 Å². The molecule has 1 fully saturated rings. The molecule has 3 aromatic rings. The Labute approximate surface area is 197 Å². The fourth-order valence-corrected chi connectivity index (χ4v) is 4.12. The number of carbonyl (C=O) groups excluding carboxylic acids is 1. The minimum Gasteiger partial charge on any atom is -0.378 e. The topological polar surface area (TPSA) is 136 Å². The van der Waals surface area contributed by atoms with Crippen molar-refractivity contribution in [3.8, 4) is 0 Å². The molecule has 2 aromatic heterocycles. The maximum Gasteiger partial charge on any atom is 0.252 e. The van der Waals surface area contributed by atoms with Crippen LogP contribution in [0.25, 0.3) is 10.9 Å². The lowest BCUT2D eigenvalue weighted by Gasteiger charge is -2.27. The van der Waals surface area contributed by atoms with Gasteiger partial charge in [-0.25, -0.2) is 9.37 Å². The highest BCUT2D eigenvalue weighted by Gasteiger charge is 2.21. The van der Waals surface area contributed by atoms with Crippen molar-refractivity contribution in [3.05, 3.63) is 35.6 Å². The number of primary amides is 1. The summed E-state index contributed by atoms with van der Waals surface area (Å²) < 4.78 is 22.0. The number of carbonyl (C=O) groups is 1. The number of ether oxygens (including phenoxy) is 1. The van der Waals surface area contributed by atoms with Gasteiger partial charge in [0.2, 0.25) is 0 Å². The number of nitrogens with two attached hydrogens (primary N) is 2. The number of amides is 1. The Morgan fingerprint density at radius 1 is 1.26 bits per heavy atom. The summed E-state index contributed by atoms with van der Waals surface area (Å²) in [7, 11) is 1.90. The van der Waals surface area contributed by atoms with Gasteiger partial charge in [-0.05, 0) is 37.6 Å². The van der Waals surface area contributed by atoms with Crippen LogP contribution in [-0.4, -0.2) is 59.1 Å². The first-order valence-corrected chi connectivity index (χ1v) is 11.4. The van der Waals surface area contributed by atoms with E-state index in [0.29, 0.717) is 25.3 Å². The SMILES string of the molecule is CC[C@@H](Nc1nc(Nc2ccc3c(c2)c(N2CCOCC2)nn3C)c(C(N)=O)cc1F)[C@H](C)N. The molecule has 1 saturated heterocycles. The monoisotopic (exact) mass is 470 g/mol. The Morgan fingerprint density at radius 3 is 2.65 bits per heavy atom. The van der Waals surface area contributed by atoms with Crippen molar-refractivity contribution in [2.45, 2.75) is 32.4 Å². The highest BCUT2D eigenvalue weighted by Crippen LogP contribution is 2.31. The zero-order valence-electron chi connectivity index (χ0n) is 19.6. The summed E-state index contributed by atoms with van der Waals surface area (Å²) in [5.41, 5.74) is 13.1. The Morgan fingerprint density at radius 2 is 2.00 bits per heavy atom. The molecule has 6 N–H and O–H groups in total. The molecule has 1 aliphatic heterocycles. The third-order valence-electron chi connectivity index (χ3n) is 6.04. The second kappa shape index (κ2) is 9.82. The fourth-order valence-electron chi connectivity index (χ4n) is 4.12. The first-order chi connectivity index (χ1) is 16.3. The molecular formula is C23H31FN8O2. The van der Waals surface area contributed by atoms with E-state index in [1.165, 1.54) is 0 Å². The van der Waals surface area contributed by atoms with Gasteiger partial charge in [-0.3, -0.25) is 9.48 Å². The van der Waals surface area contributed by atoms with Crippen LogP contribution in [0.4, 0.5) is 27.5 Å². The van der Waals surface area contributed by atoms with Crippen molar-refractivity contribution in [1.29, 1.82) is 0 Å². The van der Waals surface area contributed by atoms with E-state index >= 15 is 0 Å². The number of anilines is 4. The van der Waals surface area contributed by atoms with Crippen molar-refractivity contribution < 1.29 is 13.9 Å². The molecule has 2 atom stereocenters. The molecule has 0 unspecified atom stereocenters. The molecule has 1 amide bonds. The zero-order chi connectivity index (χ0) is 24.4. The van der Waals surface area contributed by atoms with Gasteiger partial charge in [-0.1, -0.05) is 6.92 Å². The summed E-state index contributed by atoms with van der Waals surface area (Å²) in [5, 5.41) is 11.8. The van der Waals surface area contributed by atoms with Crippen LogP contribution >= 0.6 is 0 Å². The number of nitrogens with zero attached hydrogens (tertiary/aromatic N) is 4. The van der Waals surface area contributed by atoms with Crippen LogP contribution in [0.15, 0.2) is 24.3 Å². The van der Waals surface area contributed by atoms with Gasteiger partial charge in [0, 0.05) is 43.3 Å². The molecule has 34 heavy (non-hydrogen) atoms.